The molecule has 0 radical (unpaired) electrons. The lowest BCUT2D eigenvalue weighted by Gasteiger charge is -2.49. The van der Waals surface area contributed by atoms with Crippen LogP contribution in [0.5, 0.6) is 0 Å². The van der Waals surface area contributed by atoms with Gasteiger partial charge in [-0.15, -0.1) is 0 Å². The zero-order valence-corrected chi connectivity index (χ0v) is 31.9. The highest BCUT2D eigenvalue weighted by Gasteiger charge is 2.48. The van der Waals surface area contributed by atoms with Crippen molar-refractivity contribution in [3.63, 3.8) is 0 Å². The summed E-state index contributed by atoms with van der Waals surface area (Å²) < 4.78 is 29.5. The molecule has 1 aliphatic carbocycles. The number of hydrogen-bond donors (Lipinski definition) is 0. The molecule has 2 aromatic rings. The molecule has 0 saturated heterocycles. The maximum atomic E-state index is 14.9. The molecule has 3 rings (SSSR count). The minimum atomic E-state index is -2.91. The lowest BCUT2D eigenvalue weighted by Crippen LogP contribution is -2.53. The van der Waals surface area contributed by atoms with E-state index < -0.39 is 23.8 Å². The normalized spacial score (nSPS) is 21.8. The van der Waals surface area contributed by atoms with Crippen molar-refractivity contribution in [3.05, 3.63) is 84.5 Å². The van der Waals surface area contributed by atoms with Gasteiger partial charge in [0.15, 0.2) is 16.6 Å². The average molecular weight is 639 g/mol. The molecule has 0 heterocycles. The summed E-state index contributed by atoms with van der Waals surface area (Å²) in [5.41, 5.74) is 2.22. The average Bonchev–Trinajstić information content (AvgIpc) is 2.93. The summed E-state index contributed by atoms with van der Waals surface area (Å²) >= 11 is 0. The Hall–Kier alpha value is -1.50. The van der Waals surface area contributed by atoms with Crippen LogP contribution in [0.25, 0.3) is 0 Å². The van der Waals surface area contributed by atoms with Crippen LogP contribution >= 0.6 is 7.14 Å². The largest absolute Gasteiger partial charge is 0.413 e. The summed E-state index contributed by atoms with van der Waals surface area (Å²) in [5.74, 6) is 0.253. The van der Waals surface area contributed by atoms with E-state index in [0.717, 1.165) is 47.4 Å². The van der Waals surface area contributed by atoms with Crippen molar-refractivity contribution in [3.8, 4) is 0 Å². The number of rotatable bonds is 11. The van der Waals surface area contributed by atoms with Gasteiger partial charge in [0.25, 0.3) is 0 Å². The topological polar surface area (TPSA) is 35.5 Å². The molecule has 1 saturated carbocycles. The van der Waals surface area contributed by atoms with Gasteiger partial charge >= 0.3 is 0 Å². The highest BCUT2D eigenvalue weighted by atomic mass is 31.2. The van der Waals surface area contributed by atoms with E-state index in [0.29, 0.717) is 6.16 Å². The predicted octanol–water partition coefficient (Wildman–Crippen LogP) is 10.5. The van der Waals surface area contributed by atoms with Crippen molar-refractivity contribution >= 4 is 34.4 Å². The number of unbranched alkanes of at least 4 members (excludes halogenated alkanes) is 1. The molecule has 0 aromatic heterocycles. The Labute approximate surface area is 266 Å². The van der Waals surface area contributed by atoms with Gasteiger partial charge in [0.05, 0.1) is 12.2 Å². The molecule has 2 aromatic carbocycles. The Morgan fingerprint density at radius 2 is 1.30 bits per heavy atom. The van der Waals surface area contributed by atoms with Crippen molar-refractivity contribution in [1.82, 2.24) is 0 Å². The van der Waals surface area contributed by atoms with E-state index >= 15 is 0 Å². The molecular weight excluding hydrogens is 580 g/mol. The molecule has 0 aliphatic heterocycles. The van der Waals surface area contributed by atoms with E-state index in [2.05, 4.69) is 80.7 Å². The van der Waals surface area contributed by atoms with Crippen LogP contribution in [0.4, 0.5) is 0 Å². The van der Waals surface area contributed by atoms with E-state index in [-0.39, 0.29) is 28.2 Å². The SMILES string of the molecule is C=C1/C(=C/CP(=O)(c2ccccc2)c2ccccc2)C[C@H](O[Si](C)(C)C(C)(C)C)[C@H](CCCC)[C@@H]1O[Si](C)(C)C(C)(C)C. The summed E-state index contributed by atoms with van der Waals surface area (Å²) in [6.45, 7) is 30.3. The second-order valence-electron chi connectivity index (χ2n) is 15.6. The summed E-state index contributed by atoms with van der Waals surface area (Å²) in [6, 6.07) is 20.0. The Morgan fingerprint density at radius 3 is 1.74 bits per heavy atom. The molecule has 238 valence electrons. The molecule has 1 fully saturated rings. The van der Waals surface area contributed by atoms with Gasteiger partial charge in [0.1, 0.15) is 7.14 Å². The van der Waals surface area contributed by atoms with Gasteiger partial charge in [-0.1, -0.05) is 135 Å². The van der Waals surface area contributed by atoms with E-state index in [1.807, 2.05) is 60.7 Å². The Balaban J connectivity index is 2.13. The van der Waals surface area contributed by atoms with Gasteiger partial charge in [-0.25, -0.2) is 0 Å². The fraction of sp³-hybridized carbons (Fsp3) is 0.568. The second kappa shape index (κ2) is 13.9. The quantitative estimate of drug-likeness (QED) is 0.181. The molecule has 0 N–H and O–H groups in total. The fourth-order valence-electron chi connectivity index (χ4n) is 5.40. The van der Waals surface area contributed by atoms with Gasteiger partial charge in [0.2, 0.25) is 0 Å². The predicted molar refractivity (Wildman–Crippen MR) is 194 cm³/mol. The molecular formula is C37H59O3PSi2. The zero-order valence-electron chi connectivity index (χ0n) is 29.0. The maximum absolute atomic E-state index is 14.9. The molecule has 43 heavy (non-hydrogen) atoms. The first-order valence-corrected chi connectivity index (χ1v) is 24.0. The van der Waals surface area contributed by atoms with Crippen molar-refractivity contribution in [2.75, 3.05) is 6.16 Å². The van der Waals surface area contributed by atoms with Gasteiger partial charge in [0, 0.05) is 22.7 Å². The Kier molecular flexibility index (Phi) is 11.6. The molecule has 0 bridgehead atoms. The van der Waals surface area contributed by atoms with E-state index in [4.69, 9.17) is 15.4 Å². The molecule has 0 amide bonds. The smallest absolute Gasteiger partial charge is 0.192 e. The van der Waals surface area contributed by atoms with Crippen molar-refractivity contribution in [1.29, 1.82) is 0 Å². The lowest BCUT2D eigenvalue weighted by molar-refractivity contribution is 0.0254. The monoisotopic (exact) mass is 638 g/mol. The first-order chi connectivity index (χ1) is 19.8. The van der Waals surface area contributed by atoms with Crippen molar-refractivity contribution in [2.24, 2.45) is 5.92 Å². The summed E-state index contributed by atoms with van der Waals surface area (Å²) in [4.78, 5) is 0. The van der Waals surface area contributed by atoms with Crippen LogP contribution in [0, 0.1) is 5.92 Å². The number of allylic oxidation sites excluding steroid dienone is 1. The van der Waals surface area contributed by atoms with Crippen LogP contribution in [0.1, 0.15) is 74.1 Å². The van der Waals surface area contributed by atoms with Crippen LogP contribution in [0.15, 0.2) is 84.5 Å². The third kappa shape index (κ3) is 8.41. The van der Waals surface area contributed by atoms with E-state index in [1.54, 1.807) is 0 Å². The molecule has 0 unspecified atom stereocenters. The molecule has 0 spiro atoms. The fourth-order valence-corrected chi connectivity index (χ4v) is 10.6. The minimum Gasteiger partial charge on any atom is -0.413 e. The maximum Gasteiger partial charge on any atom is 0.192 e. The summed E-state index contributed by atoms with van der Waals surface area (Å²) in [6.07, 6.45) is 6.76. The van der Waals surface area contributed by atoms with Crippen LogP contribution < -0.4 is 10.6 Å². The van der Waals surface area contributed by atoms with Gasteiger partial charge in [-0.2, -0.15) is 0 Å². The molecule has 3 atom stereocenters. The van der Waals surface area contributed by atoms with Crippen LogP contribution in [-0.2, 0) is 13.4 Å². The zero-order chi connectivity index (χ0) is 32.3. The molecule has 6 heteroatoms. The van der Waals surface area contributed by atoms with Crippen LogP contribution in [-0.4, -0.2) is 35.0 Å². The Morgan fingerprint density at radius 1 is 0.837 bits per heavy atom. The summed E-state index contributed by atoms with van der Waals surface area (Å²) in [7, 11) is -7.10. The summed E-state index contributed by atoms with van der Waals surface area (Å²) in [5, 5.41) is 1.97. The van der Waals surface area contributed by atoms with Crippen LogP contribution in [0.2, 0.25) is 36.3 Å². The first kappa shape index (κ1) is 36.0. The molecule has 1 aliphatic rings. The number of benzene rings is 2. The highest BCUT2D eigenvalue weighted by Crippen LogP contribution is 2.49. The highest BCUT2D eigenvalue weighted by molar-refractivity contribution is 7.78. The third-order valence-electron chi connectivity index (χ3n) is 10.4. The first-order valence-electron chi connectivity index (χ1n) is 16.3. The van der Waals surface area contributed by atoms with Crippen LogP contribution in [0.3, 0.4) is 0 Å². The van der Waals surface area contributed by atoms with Gasteiger partial charge in [-0.3, -0.25) is 0 Å². The third-order valence-corrected chi connectivity index (χ3v) is 22.3. The van der Waals surface area contributed by atoms with E-state index in [1.165, 1.54) is 0 Å². The lowest BCUT2D eigenvalue weighted by atomic mass is 9.76. The van der Waals surface area contributed by atoms with E-state index in [9.17, 15) is 4.57 Å². The van der Waals surface area contributed by atoms with Gasteiger partial charge in [-0.05, 0) is 60.3 Å². The second-order valence-corrected chi connectivity index (χ2v) is 28.0. The van der Waals surface area contributed by atoms with Crippen molar-refractivity contribution < 1.29 is 13.4 Å². The number of hydrogen-bond acceptors (Lipinski definition) is 3. The molecule has 3 nitrogen and oxygen atoms in total. The minimum absolute atomic E-state index is 0.0480. The van der Waals surface area contributed by atoms with Gasteiger partial charge < -0.3 is 13.4 Å². The Bertz CT molecular complexity index is 1240. The standard InChI is InChI=1S/C37H59O3PSi2/c1-13-14-25-33-34(39-42(9,10)36(3,4)5)28-30(29(2)35(33)40-43(11,12)37(6,7)8)26-27-41(38,31-21-17-15-18-22-31)32-23-19-16-20-24-32/h15-24,26,33-35H,2,13-14,25,27-28H2,1,3-12H3/b30-26+/t33-,34-,35+/m0/s1. The van der Waals surface area contributed by atoms with Crippen molar-refractivity contribution in [2.45, 2.75) is 123 Å².